The molecule has 0 bridgehead atoms. The van der Waals surface area contributed by atoms with Crippen LogP contribution < -0.4 is 0 Å². The second-order valence-electron chi connectivity index (χ2n) is 4.46. The fourth-order valence-corrected chi connectivity index (χ4v) is 1.81. The molecule has 0 saturated heterocycles. The second kappa shape index (κ2) is 8.84. The van der Waals surface area contributed by atoms with E-state index in [1.165, 1.54) is 5.56 Å². The molecule has 0 amide bonds. The van der Waals surface area contributed by atoms with Crippen molar-refractivity contribution in [3.05, 3.63) is 35.9 Å². The molecule has 0 aliphatic heterocycles. The first-order valence-corrected chi connectivity index (χ1v) is 6.36. The van der Waals surface area contributed by atoms with Gasteiger partial charge in [0.2, 0.25) is 0 Å². The third-order valence-corrected chi connectivity index (χ3v) is 2.84. The van der Waals surface area contributed by atoms with Crippen LogP contribution in [0.5, 0.6) is 0 Å². The van der Waals surface area contributed by atoms with Crippen molar-refractivity contribution in [3.63, 3.8) is 0 Å². The lowest BCUT2D eigenvalue weighted by atomic mass is 10.0. The van der Waals surface area contributed by atoms with Crippen molar-refractivity contribution in [1.29, 1.82) is 0 Å². The van der Waals surface area contributed by atoms with E-state index in [1.807, 2.05) is 18.2 Å². The Bertz CT molecular complexity index is 335. The zero-order valence-electron chi connectivity index (χ0n) is 11.2. The van der Waals surface area contributed by atoms with Crippen molar-refractivity contribution in [2.45, 2.75) is 38.7 Å². The highest BCUT2D eigenvalue weighted by molar-refractivity contribution is 5.75. The summed E-state index contributed by atoms with van der Waals surface area (Å²) in [5.74, 6) is 0.209. The molecule has 0 spiro atoms. The lowest BCUT2D eigenvalue weighted by Gasteiger charge is -2.16. The molecule has 0 aromatic heterocycles. The van der Waals surface area contributed by atoms with Crippen molar-refractivity contribution in [2.24, 2.45) is 0 Å². The maximum atomic E-state index is 11.0. The van der Waals surface area contributed by atoms with E-state index in [9.17, 15) is 4.79 Å². The van der Waals surface area contributed by atoms with E-state index in [2.05, 4.69) is 12.1 Å². The number of ketones is 1. The van der Waals surface area contributed by atoms with Crippen LogP contribution >= 0.6 is 0 Å². The summed E-state index contributed by atoms with van der Waals surface area (Å²) in [6.45, 7) is 1.90. The van der Waals surface area contributed by atoms with Gasteiger partial charge >= 0.3 is 0 Å². The molecule has 0 heterocycles. The summed E-state index contributed by atoms with van der Waals surface area (Å²) >= 11 is 0. The molecule has 0 N–H and O–H groups in total. The number of aryl methyl sites for hydroxylation is 1. The molecule has 1 atom stereocenters. The van der Waals surface area contributed by atoms with Crippen molar-refractivity contribution >= 4 is 5.78 Å². The molecule has 0 fully saturated rings. The van der Waals surface area contributed by atoms with Crippen LogP contribution in [0.1, 0.15) is 31.7 Å². The van der Waals surface area contributed by atoms with E-state index >= 15 is 0 Å². The van der Waals surface area contributed by atoms with Crippen LogP contribution in [0.4, 0.5) is 0 Å². The minimum absolute atomic E-state index is 0.0917. The molecule has 3 heteroatoms. The largest absolute Gasteiger partial charge is 0.359 e. The average molecular weight is 250 g/mol. The summed E-state index contributed by atoms with van der Waals surface area (Å²) in [5.41, 5.74) is 1.30. The van der Waals surface area contributed by atoms with Gasteiger partial charge in [-0.2, -0.15) is 0 Å². The van der Waals surface area contributed by atoms with E-state index in [0.717, 1.165) is 19.3 Å². The smallest absolute Gasteiger partial charge is 0.146 e. The van der Waals surface area contributed by atoms with E-state index in [-0.39, 0.29) is 18.7 Å². The predicted molar refractivity (Wildman–Crippen MR) is 71.4 cm³/mol. The van der Waals surface area contributed by atoms with Crippen LogP contribution in [0.15, 0.2) is 30.3 Å². The Morgan fingerprint density at radius 1 is 1.22 bits per heavy atom. The molecule has 0 aliphatic carbocycles. The van der Waals surface area contributed by atoms with Crippen LogP contribution in [0.2, 0.25) is 0 Å². The zero-order valence-corrected chi connectivity index (χ0v) is 11.2. The van der Waals surface area contributed by atoms with Gasteiger partial charge in [-0.1, -0.05) is 30.3 Å². The van der Waals surface area contributed by atoms with Gasteiger partial charge < -0.3 is 14.3 Å². The minimum Gasteiger partial charge on any atom is -0.359 e. The summed E-state index contributed by atoms with van der Waals surface area (Å²) in [4.78, 5) is 11.0. The van der Waals surface area contributed by atoms with E-state index in [1.54, 1.807) is 14.0 Å². The topological polar surface area (TPSA) is 35.5 Å². The zero-order chi connectivity index (χ0) is 13.2. The number of ether oxygens (including phenoxy) is 2. The highest BCUT2D eigenvalue weighted by atomic mass is 16.7. The number of benzene rings is 1. The van der Waals surface area contributed by atoms with Crippen molar-refractivity contribution in [3.8, 4) is 0 Å². The first kappa shape index (κ1) is 14.9. The quantitative estimate of drug-likeness (QED) is 0.632. The van der Waals surface area contributed by atoms with E-state index in [4.69, 9.17) is 9.47 Å². The van der Waals surface area contributed by atoms with Crippen molar-refractivity contribution in [1.82, 2.24) is 0 Å². The summed E-state index contributed by atoms with van der Waals surface area (Å²) in [6, 6.07) is 10.3. The molecule has 18 heavy (non-hydrogen) atoms. The van der Waals surface area contributed by atoms with Gasteiger partial charge in [-0.3, -0.25) is 0 Å². The van der Waals surface area contributed by atoms with Crippen LogP contribution in [0, 0.1) is 0 Å². The summed E-state index contributed by atoms with van der Waals surface area (Å²) in [5, 5.41) is 0. The standard InChI is InChI=1S/C15H22O3/c1-13(16)8-10-15(18-12-17-2)11-9-14-6-4-3-5-7-14/h3-7,15H,8-12H2,1-2H3. The molecule has 100 valence electrons. The normalized spacial score (nSPS) is 12.3. The summed E-state index contributed by atoms with van der Waals surface area (Å²) in [6.07, 6.45) is 3.32. The van der Waals surface area contributed by atoms with Crippen LogP contribution in [-0.2, 0) is 20.7 Å². The number of hydrogen-bond donors (Lipinski definition) is 0. The van der Waals surface area contributed by atoms with Gasteiger partial charge in [-0.25, -0.2) is 0 Å². The van der Waals surface area contributed by atoms with Gasteiger partial charge in [0.05, 0.1) is 6.10 Å². The Labute approximate surface area is 109 Å². The number of methoxy groups -OCH3 is 1. The van der Waals surface area contributed by atoms with Gasteiger partial charge in [0.1, 0.15) is 12.6 Å². The minimum atomic E-state index is 0.0917. The van der Waals surface area contributed by atoms with Gasteiger partial charge in [0.15, 0.2) is 0 Å². The SMILES string of the molecule is COCOC(CCC(C)=O)CCc1ccccc1. The highest BCUT2D eigenvalue weighted by Gasteiger charge is 2.10. The number of Topliss-reactive ketones (excluding diaryl/α,β-unsaturated/α-hetero) is 1. The molecule has 0 saturated carbocycles. The lowest BCUT2D eigenvalue weighted by molar-refractivity contribution is -0.119. The Morgan fingerprint density at radius 3 is 2.56 bits per heavy atom. The van der Waals surface area contributed by atoms with Gasteiger partial charge in [-0.15, -0.1) is 0 Å². The van der Waals surface area contributed by atoms with Crippen LogP contribution in [0.25, 0.3) is 0 Å². The molecule has 3 nitrogen and oxygen atoms in total. The molecule has 1 rings (SSSR count). The summed E-state index contributed by atoms with van der Waals surface area (Å²) in [7, 11) is 1.61. The number of hydrogen-bond acceptors (Lipinski definition) is 3. The maximum Gasteiger partial charge on any atom is 0.146 e. The first-order valence-electron chi connectivity index (χ1n) is 6.36. The Balaban J connectivity index is 2.37. The number of carbonyl (C=O) groups is 1. The molecular weight excluding hydrogens is 228 g/mol. The van der Waals surface area contributed by atoms with Gasteiger partial charge in [0.25, 0.3) is 0 Å². The Kier molecular flexibility index (Phi) is 7.30. The average Bonchev–Trinajstić information content (AvgIpc) is 2.39. The first-order chi connectivity index (χ1) is 8.72. The molecule has 0 radical (unpaired) electrons. The lowest BCUT2D eigenvalue weighted by Crippen LogP contribution is -2.17. The van der Waals surface area contributed by atoms with Crippen LogP contribution in [0.3, 0.4) is 0 Å². The van der Waals surface area contributed by atoms with Gasteiger partial charge in [-0.05, 0) is 31.7 Å². The van der Waals surface area contributed by atoms with Crippen molar-refractivity contribution < 1.29 is 14.3 Å². The third kappa shape index (κ3) is 6.52. The molecular formula is C15H22O3. The fraction of sp³-hybridized carbons (Fsp3) is 0.533. The molecule has 1 aromatic carbocycles. The van der Waals surface area contributed by atoms with Crippen molar-refractivity contribution in [2.75, 3.05) is 13.9 Å². The number of rotatable bonds is 9. The third-order valence-electron chi connectivity index (χ3n) is 2.84. The predicted octanol–water partition coefficient (Wildman–Crippen LogP) is 2.98. The van der Waals surface area contributed by atoms with Crippen LogP contribution in [-0.4, -0.2) is 25.8 Å². The maximum absolute atomic E-state index is 11.0. The fourth-order valence-electron chi connectivity index (χ4n) is 1.81. The van der Waals surface area contributed by atoms with E-state index in [0.29, 0.717) is 6.42 Å². The molecule has 0 aliphatic rings. The Hall–Kier alpha value is -1.19. The van der Waals surface area contributed by atoms with Gasteiger partial charge in [0, 0.05) is 13.5 Å². The number of carbonyl (C=O) groups excluding carboxylic acids is 1. The second-order valence-corrected chi connectivity index (χ2v) is 4.46. The molecule has 1 unspecified atom stereocenters. The summed E-state index contributed by atoms with van der Waals surface area (Å²) < 4.78 is 10.5. The molecule has 1 aromatic rings. The van der Waals surface area contributed by atoms with E-state index < -0.39 is 0 Å². The Morgan fingerprint density at radius 2 is 1.94 bits per heavy atom. The monoisotopic (exact) mass is 250 g/mol. The highest BCUT2D eigenvalue weighted by Crippen LogP contribution is 2.12.